The number of rotatable bonds is 5. The van der Waals surface area contributed by atoms with E-state index in [0.29, 0.717) is 23.9 Å². The van der Waals surface area contributed by atoms with Gasteiger partial charge in [0.15, 0.2) is 0 Å². The lowest BCUT2D eigenvalue weighted by molar-refractivity contribution is 0.0855. The van der Waals surface area contributed by atoms with Gasteiger partial charge in [0, 0.05) is 30.9 Å². The fourth-order valence-corrected chi connectivity index (χ4v) is 2.91. The van der Waals surface area contributed by atoms with Crippen LogP contribution in [0.3, 0.4) is 0 Å². The Bertz CT molecular complexity index is 811. The number of ether oxygens (including phenoxy) is 1. The molecule has 132 valence electrons. The molecular weight excluding hydrogens is 342 g/mol. The third-order valence-electron chi connectivity index (χ3n) is 4.22. The monoisotopic (exact) mass is 361 g/mol. The van der Waals surface area contributed by atoms with Crippen molar-refractivity contribution in [3.05, 3.63) is 62.8 Å². The normalized spacial score (nSPS) is 16.8. The first-order valence-electron chi connectivity index (χ1n) is 8.25. The van der Waals surface area contributed by atoms with Gasteiger partial charge in [-0.15, -0.1) is 0 Å². The molecule has 1 amide bonds. The number of halogens is 1. The second-order valence-electron chi connectivity index (χ2n) is 6.11. The Hall–Kier alpha value is -2.18. The molecule has 1 aliphatic heterocycles. The molecule has 1 aromatic carbocycles. The maximum Gasteiger partial charge on any atom is 0.285 e. The van der Waals surface area contributed by atoms with Crippen molar-refractivity contribution in [3.63, 3.8) is 0 Å². The van der Waals surface area contributed by atoms with Gasteiger partial charge in [0.25, 0.3) is 11.5 Å². The lowest BCUT2D eigenvalue weighted by Gasteiger charge is -2.13. The van der Waals surface area contributed by atoms with Crippen LogP contribution in [0.2, 0.25) is 5.02 Å². The van der Waals surface area contributed by atoms with Crippen LogP contribution in [-0.4, -0.2) is 34.7 Å². The average Bonchev–Trinajstić information content (AvgIpc) is 3.10. The summed E-state index contributed by atoms with van der Waals surface area (Å²) in [4.78, 5) is 28.4. The zero-order valence-corrected chi connectivity index (χ0v) is 14.8. The molecular formula is C18H20ClN3O3. The molecule has 0 bridgehead atoms. The SMILES string of the molecule is Cc1nc(=O)c(C(=O)NC[C@@H]2CCCO2)cn1Cc1ccc(Cl)cc1. The predicted molar refractivity (Wildman–Crippen MR) is 95.1 cm³/mol. The third kappa shape index (κ3) is 4.46. The van der Waals surface area contributed by atoms with Gasteiger partial charge in [-0.05, 0) is 37.5 Å². The molecule has 7 heteroatoms. The summed E-state index contributed by atoms with van der Waals surface area (Å²) in [7, 11) is 0. The molecule has 0 unspecified atom stereocenters. The van der Waals surface area contributed by atoms with Gasteiger partial charge in [0.1, 0.15) is 11.4 Å². The number of aryl methyl sites for hydroxylation is 1. The zero-order valence-electron chi connectivity index (χ0n) is 14.0. The summed E-state index contributed by atoms with van der Waals surface area (Å²) in [6.07, 6.45) is 3.51. The van der Waals surface area contributed by atoms with Gasteiger partial charge in [0.05, 0.1) is 6.10 Å². The van der Waals surface area contributed by atoms with Gasteiger partial charge in [-0.25, -0.2) is 0 Å². The summed E-state index contributed by atoms with van der Waals surface area (Å²) in [6.45, 7) is 3.37. The molecule has 0 spiro atoms. The van der Waals surface area contributed by atoms with Crippen molar-refractivity contribution in [1.82, 2.24) is 14.9 Å². The van der Waals surface area contributed by atoms with Gasteiger partial charge in [-0.1, -0.05) is 23.7 Å². The molecule has 2 heterocycles. The Morgan fingerprint density at radius 3 is 2.84 bits per heavy atom. The minimum atomic E-state index is -0.519. The number of amides is 1. The molecule has 0 saturated carbocycles. The van der Waals surface area contributed by atoms with Crippen LogP contribution in [0.15, 0.2) is 35.3 Å². The first kappa shape index (κ1) is 17.6. The lowest BCUT2D eigenvalue weighted by atomic mass is 10.2. The number of nitrogens with one attached hydrogen (secondary N) is 1. The van der Waals surface area contributed by atoms with Crippen LogP contribution in [0.4, 0.5) is 0 Å². The molecule has 1 fully saturated rings. The standard InChI is InChI=1S/C18H20ClN3O3/c1-12-21-18(24)16(17(23)20-9-15-3-2-8-25-15)11-22(12)10-13-4-6-14(19)7-5-13/h4-7,11,15H,2-3,8-10H2,1H3,(H,20,23)/t15-/m0/s1. The first-order chi connectivity index (χ1) is 12.0. The Balaban J connectivity index is 1.76. The molecule has 0 radical (unpaired) electrons. The highest BCUT2D eigenvalue weighted by atomic mass is 35.5. The van der Waals surface area contributed by atoms with E-state index in [2.05, 4.69) is 10.3 Å². The van der Waals surface area contributed by atoms with E-state index in [9.17, 15) is 9.59 Å². The number of hydrogen-bond donors (Lipinski definition) is 1. The Morgan fingerprint density at radius 2 is 2.16 bits per heavy atom. The van der Waals surface area contributed by atoms with Crippen molar-refractivity contribution in [2.75, 3.05) is 13.2 Å². The molecule has 3 rings (SSSR count). The number of hydrogen-bond acceptors (Lipinski definition) is 4. The van der Waals surface area contributed by atoms with E-state index in [0.717, 1.165) is 25.0 Å². The lowest BCUT2D eigenvalue weighted by Crippen LogP contribution is -2.36. The highest BCUT2D eigenvalue weighted by Gasteiger charge is 2.19. The number of carbonyl (C=O) groups is 1. The van der Waals surface area contributed by atoms with Crippen LogP contribution in [0.1, 0.15) is 34.6 Å². The van der Waals surface area contributed by atoms with E-state index in [-0.39, 0.29) is 11.7 Å². The zero-order chi connectivity index (χ0) is 17.8. The van der Waals surface area contributed by atoms with Gasteiger partial charge in [-0.2, -0.15) is 4.98 Å². The van der Waals surface area contributed by atoms with Crippen molar-refractivity contribution in [1.29, 1.82) is 0 Å². The van der Waals surface area contributed by atoms with E-state index in [1.165, 1.54) is 0 Å². The van der Waals surface area contributed by atoms with Gasteiger partial charge in [-0.3, -0.25) is 9.59 Å². The van der Waals surface area contributed by atoms with E-state index in [4.69, 9.17) is 16.3 Å². The second kappa shape index (κ2) is 7.80. The van der Waals surface area contributed by atoms with Crippen molar-refractivity contribution in [2.45, 2.75) is 32.4 Å². The third-order valence-corrected chi connectivity index (χ3v) is 4.47. The van der Waals surface area contributed by atoms with Crippen molar-refractivity contribution >= 4 is 17.5 Å². The Labute approximate surface area is 150 Å². The maximum atomic E-state index is 12.3. The molecule has 6 nitrogen and oxygen atoms in total. The van der Waals surface area contributed by atoms with Gasteiger partial charge < -0.3 is 14.6 Å². The molecule has 1 saturated heterocycles. The van der Waals surface area contributed by atoms with Crippen LogP contribution >= 0.6 is 11.6 Å². The first-order valence-corrected chi connectivity index (χ1v) is 8.63. The molecule has 0 aliphatic carbocycles. The molecule has 25 heavy (non-hydrogen) atoms. The van der Waals surface area contributed by atoms with Gasteiger partial charge >= 0.3 is 0 Å². The maximum absolute atomic E-state index is 12.3. The van der Waals surface area contributed by atoms with Crippen LogP contribution in [0, 0.1) is 6.92 Å². The van der Waals surface area contributed by atoms with Crippen molar-refractivity contribution in [2.24, 2.45) is 0 Å². The summed E-state index contributed by atoms with van der Waals surface area (Å²) >= 11 is 5.90. The number of aromatic nitrogens is 2. The van der Waals surface area contributed by atoms with E-state index in [1.807, 2.05) is 12.1 Å². The summed E-state index contributed by atoms with van der Waals surface area (Å²) in [5, 5.41) is 3.42. The average molecular weight is 362 g/mol. The number of carbonyl (C=O) groups excluding carboxylic acids is 1. The quantitative estimate of drug-likeness (QED) is 0.885. The Kier molecular flexibility index (Phi) is 5.50. The molecule has 1 N–H and O–H groups in total. The summed E-state index contributed by atoms with van der Waals surface area (Å²) in [5.74, 6) is 0.133. The molecule has 2 aromatic rings. The number of nitrogens with zero attached hydrogens (tertiary/aromatic N) is 2. The molecule has 1 aromatic heterocycles. The topological polar surface area (TPSA) is 73.2 Å². The van der Waals surface area contributed by atoms with E-state index < -0.39 is 11.5 Å². The summed E-state index contributed by atoms with van der Waals surface area (Å²) < 4.78 is 7.26. The number of benzene rings is 1. The largest absolute Gasteiger partial charge is 0.376 e. The van der Waals surface area contributed by atoms with Gasteiger partial charge in [0.2, 0.25) is 0 Å². The predicted octanol–water partition coefficient (Wildman–Crippen LogP) is 2.16. The fourth-order valence-electron chi connectivity index (χ4n) is 2.79. The van der Waals surface area contributed by atoms with Crippen molar-refractivity contribution < 1.29 is 9.53 Å². The minimum Gasteiger partial charge on any atom is -0.376 e. The van der Waals surface area contributed by atoms with E-state index in [1.54, 1.807) is 29.8 Å². The highest BCUT2D eigenvalue weighted by Crippen LogP contribution is 2.12. The van der Waals surface area contributed by atoms with Crippen LogP contribution < -0.4 is 10.9 Å². The minimum absolute atomic E-state index is 0.0265. The van der Waals surface area contributed by atoms with Crippen LogP contribution in [0.5, 0.6) is 0 Å². The molecule has 1 atom stereocenters. The second-order valence-corrected chi connectivity index (χ2v) is 6.54. The smallest absolute Gasteiger partial charge is 0.285 e. The summed E-state index contributed by atoms with van der Waals surface area (Å²) in [6, 6.07) is 7.41. The van der Waals surface area contributed by atoms with Crippen LogP contribution in [0.25, 0.3) is 0 Å². The van der Waals surface area contributed by atoms with E-state index >= 15 is 0 Å². The molecule has 1 aliphatic rings. The highest BCUT2D eigenvalue weighted by molar-refractivity contribution is 6.30. The summed E-state index contributed by atoms with van der Waals surface area (Å²) in [5.41, 5.74) is 0.524. The van der Waals surface area contributed by atoms with Crippen molar-refractivity contribution in [3.8, 4) is 0 Å². The van der Waals surface area contributed by atoms with Crippen LogP contribution in [-0.2, 0) is 11.3 Å². The fraction of sp³-hybridized carbons (Fsp3) is 0.389. The Morgan fingerprint density at radius 1 is 1.40 bits per heavy atom.